The van der Waals surface area contributed by atoms with Gasteiger partial charge in [0.25, 0.3) is 0 Å². The van der Waals surface area contributed by atoms with Crippen LogP contribution in [0.5, 0.6) is 0 Å². The van der Waals surface area contributed by atoms with Gasteiger partial charge in [0, 0.05) is 13.1 Å². The van der Waals surface area contributed by atoms with Gasteiger partial charge in [-0.05, 0) is 49.5 Å². The lowest BCUT2D eigenvalue weighted by Crippen LogP contribution is -2.11. The fourth-order valence-corrected chi connectivity index (χ4v) is 2.85. The average molecular weight is 349 g/mol. The number of benzene rings is 3. The molecule has 0 unspecified atom stereocenters. The summed E-state index contributed by atoms with van der Waals surface area (Å²) in [5.41, 5.74) is 4.75. The Labute approximate surface area is 154 Å². The molecule has 0 fully saturated rings. The van der Waals surface area contributed by atoms with Crippen molar-refractivity contribution in [1.82, 2.24) is 4.90 Å². The molecule has 0 bridgehead atoms. The molecule has 0 aliphatic carbocycles. The molecule has 0 heterocycles. The zero-order valence-corrected chi connectivity index (χ0v) is 15.2. The zero-order valence-electron chi connectivity index (χ0n) is 15.2. The molecule has 0 amide bonds. The highest BCUT2D eigenvalue weighted by Gasteiger charge is 2.06. The number of para-hydroxylation sites is 3. The third-order valence-electron chi connectivity index (χ3n) is 4.04. The van der Waals surface area contributed by atoms with Gasteiger partial charge < -0.3 is 15.5 Å². The van der Waals surface area contributed by atoms with E-state index in [1.54, 1.807) is 12.1 Å². The van der Waals surface area contributed by atoms with Gasteiger partial charge in [0.15, 0.2) is 0 Å². The maximum Gasteiger partial charge on any atom is 0.146 e. The van der Waals surface area contributed by atoms with E-state index in [0.717, 1.165) is 17.9 Å². The van der Waals surface area contributed by atoms with Gasteiger partial charge in [-0.2, -0.15) is 0 Å². The summed E-state index contributed by atoms with van der Waals surface area (Å²) in [5, 5.41) is 6.62. The van der Waals surface area contributed by atoms with Crippen molar-refractivity contribution in [1.29, 1.82) is 0 Å². The first-order valence-electron chi connectivity index (χ1n) is 8.69. The van der Waals surface area contributed by atoms with E-state index in [1.165, 1.54) is 17.2 Å². The lowest BCUT2D eigenvalue weighted by molar-refractivity contribution is 0.402. The fourth-order valence-electron chi connectivity index (χ4n) is 2.85. The fraction of sp³-hybridized carbons (Fsp3) is 0.182. The largest absolute Gasteiger partial charge is 0.379 e. The molecule has 3 aromatic rings. The summed E-state index contributed by atoms with van der Waals surface area (Å²) < 4.78 is 13.9. The van der Waals surface area contributed by atoms with E-state index >= 15 is 0 Å². The molecular formula is C22H24FN3. The Balaban J connectivity index is 1.72. The second-order valence-electron chi connectivity index (χ2n) is 6.56. The maximum absolute atomic E-state index is 13.9. The van der Waals surface area contributed by atoms with Crippen molar-refractivity contribution >= 4 is 17.1 Å². The molecule has 4 heteroatoms. The number of nitrogens with zero attached hydrogens (tertiary/aromatic N) is 1. The number of anilines is 3. The minimum Gasteiger partial charge on any atom is -0.379 e. The molecule has 0 aromatic heterocycles. The summed E-state index contributed by atoms with van der Waals surface area (Å²) in [6.45, 7) is 1.62. The number of hydrogen-bond donors (Lipinski definition) is 2. The van der Waals surface area contributed by atoms with E-state index in [1.807, 2.05) is 30.3 Å². The van der Waals surface area contributed by atoms with Crippen molar-refractivity contribution < 1.29 is 4.39 Å². The molecule has 26 heavy (non-hydrogen) atoms. The Morgan fingerprint density at radius 1 is 0.769 bits per heavy atom. The normalized spacial score (nSPS) is 10.8. The highest BCUT2D eigenvalue weighted by atomic mass is 19.1. The molecule has 3 nitrogen and oxygen atoms in total. The summed E-state index contributed by atoms with van der Waals surface area (Å²) in [6.07, 6.45) is 0. The van der Waals surface area contributed by atoms with Gasteiger partial charge >= 0.3 is 0 Å². The van der Waals surface area contributed by atoms with Crippen molar-refractivity contribution in [3.05, 3.63) is 89.7 Å². The summed E-state index contributed by atoms with van der Waals surface area (Å²) in [6, 6.07) is 23.1. The van der Waals surface area contributed by atoms with E-state index in [-0.39, 0.29) is 5.82 Å². The first-order valence-corrected chi connectivity index (χ1v) is 8.69. The quantitative estimate of drug-likeness (QED) is 0.610. The van der Waals surface area contributed by atoms with Crippen LogP contribution < -0.4 is 10.6 Å². The Morgan fingerprint density at radius 3 is 2.15 bits per heavy atom. The van der Waals surface area contributed by atoms with Gasteiger partial charge in [0.2, 0.25) is 0 Å². The molecule has 0 saturated carbocycles. The summed E-state index contributed by atoms with van der Waals surface area (Å²) >= 11 is 0. The van der Waals surface area contributed by atoms with Crippen LogP contribution in [0.15, 0.2) is 72.8 Å². The van der Waals surface area contributed by atoms with Crippen LogP contribution in [0.4, 0.5) is 21.5 Å². The SMILES string of the molecule is CN(C)Cc1cccc(CNc2ccccc2Nc2ccccc2F)c1. The predicted octanol–water partition coefficient (Wildman–Crippen LogP) is 5.24. The van der Waals surface area contributed by atoms with Crippen molar-refractivity contribution in [3.63, 3.8) is 0 Å². The van der Waals surface area contributed by atoms with Crippen molar-refractivity contribution in [3.8, 4) is 0 Å². The van der Waals surface area contributed by atoms with Gasteiger partial charge in [-0.15, -0.1) is 0 Å². The smallest absolute Gasteiger partial charge is 0.146 e. The third-order valence-corrected chi connectivity index (χ3v) is 4.04. The highest BCUT2D eigenvalue weighted by Crippen LogP contribution is 2.27. The first-order chi connectivity index (χ1) is 12.6. The topological polar surface area (TPSA) is 27.3 Å². The molecule has 3 aromatic carbocycles. The Hall–Kier alpha value is -2.85. The summed E-state index contributed by atoms with van der Waals surface area (Å²) in [4.78, 5) is 2.15. The van der Waals surface area contributed by atoms with Crippen molar-refractivity contribution in [2.45, 2.75) is 13.1 Å². The van der Waals surface area contributed by atoms with Crippen LogP contribution in [0.1, 0.15) is 11.1 Å². The monoisotopic (exact) mass is 349 g/mol. The molecule has 0 spiro atoms. The molecule has 0 aliphatic heterocycles. The summed E-state index contributed by atoms with van der Waals surface area (Å²) in [7, 11) is 4.13. The van der Waals surface area contributed by atoms with Gasteiger partial charge in [0.05, 0.1) is 17.1 Å². The van der Waals surface area contributed by atoms with Crippen LogP contribution in [0, 0.1) is 5.82 Å². The Morgan fingerprint density at radius 2 is 1.42 bits per heavy atom. The number of hydrogen-bond acceptors (Lipinski definition) is 3. The minimum absolute atomic E-state index is 0.265. The van der Waals surface area contributed by atoms with Gasteiger partial charge in [-0.3, -0.25) is 0 Å². The second kappa shape index (κ2) is 8.50. The van der Waals surface area contributed by atoms with E-state index in [2.05, 4.69) is 53.9 Å². The van der Waals surface area contributed by atoms with Gasteiger partial charge in [-0.1, -0.05) is 48.5 Å². The molecule has 2 N–H and O–H groups in total. The molecule has 0 saturated heterocycles. The van der Waals surface area contributed by atoms with Gasteiger partial charge in [-0.25, -0.2) is 4.39 Å². The Bertz CT molecular complexity index is 861. The molecule has 134 valence electrons. The molecule has 0 aliphatic rings. The molecule has 0 radical (unpaired) electrons. The van der Waals surface area contributed by atoms with Crippen LogP contribution in [-0.2, 0) is 13.1 Å². The number of halogens is 1. The van der Waals surface area contributed by atoms with E-state index in [4.69, 9.17) is 0 Å². The second-order valence-corrected chi connectivity index (χ2v) is 6.56. The number of nitrogens with one attached hydrogen (secondary N) is 2. The average Bonchev–Trinajstić information content (AvgIpc) is 2.63. The lowest BCUT2D eigenvalue weighted by atomic mass is 10.1. The molecule has 3 rings (SSSR count). The van der Waals surface area contributed by atoms with Crippen LogP contribution in [0.2, 0.25) is 0 Å². The summed E-state index contributed by atoms with van der Waals surface area (Å²) in [5.74, 6) is -0.265. The standard InChI is InChI=1S/C22H24FN3/c1-26(2)16-18-9-7-8-17(14-18)15-24-21-12-5-6-13-22(21)25-20-11-4-3-10-19(20)23/h3-14,24-25H,15-16H2,1-2H3. The van der Waals surface area contributed by atoms with E-state index in [9.17, 15) is 4.39 Å². The highest BCUT2D eigenvalue weighted by molar-refractivity contribution is 5.74. The van der Waals surface area contributed by atoms with Crippen molar-refractivity contribution in [2.75, 3.05) is 24.7 Å². The van der Waals surface area contributed by atoms with Crippen LogP contribution in [-0.4, -0.2) is 19.0 Å². The maximum atomic E-state index is 13.9. The molecule has 0 atom stereocenters. The van der Waals surface area contributed by atoms with Gasteiger partial charge in [0.1, 0.15) is 5.82 Å². The van der Waals surface area contributed by atoms with Crippen LogP contribution >= 0.6 is 0 Å². The first kappa shape index (κ1) is 18.0. The van der Waals surface area contributed by atoms with Crippen molar-refractivity contribution in [2.24, 2.45) is 0 Å². The van der Waals surface area contributed by atoms with E-state index in [0.29, 0.717) is 12.2 Å². The van der Waals surface area contributed by atoms with Crippen LogP contribution in [0.3, 0.4) is 0 Å². The zero-order chi connectivity index (χ0) is 18.4. The third kappa shape index (κ3) is 4.83. The molecular weight excluding hydrogens is 325 g/mol. The van der Waals surface area contributed by atoms with E-state index < -0.39 is 0 Å². The Kier molecular flexibility index (Phi) is 5.87. The van der Waals surface area contributed by atoms with Crippen LogP contribution in [0.25, 0.3) is 0 Å². The lowest BCUT2D eigenvalue weighted by Gasteiger charge is -2.15. The number of rotatable bonds is 7. The predicted molar refractivity (Wildman–Crippen MR) is 107 cm³/mol. The minimum atomic E-state index is -0.265.